The molecular weight excluding hydrogens is 230 g/mol. The molecule has 2 N–H and O–H groups in total. The Balaban J connectivity index is 2.46. The van der Waals surface area contributed by atoms with Crippen LogP contribution >= 0.6 is 0 Å². The fourth-order valence-corrected chi connectivity index (χ4v) is 1.49. The van der Waals surface area contributed by atoms with Gasteiger partial charge in [-0.2, -0.15) is 0 Å². The Kier molecular flexibility index (Phi) is 5.65. The van der Waals surface area contributed by atoms with Gasteiger partial charge in [0.1, 0.15) is 5.75 Å². The van der Waals surface area contributed by atoms with E-state index in [2.05, 4.69) is 0 Å². The number of benzene rings is 1. The molecule has 0 fully saturated rings. The molecule has 1 aromatic rings. The third kappa shape index (κ3) is 4.75. The van der Waals surface area contributed by atoms with E-state index >= 15 is 0 Å². The lowest BCUT2D eigenvalue weighted by molar-refractivity contribution is -0.149. The van der Waals surface area contributed by atoms with E-state index in [0.29, 0.717) is 5.75 Å². The average molecular weight is 251 g/mol. The third-order valence-electron chi connectivity index (χ3n) is 2.47. The zero-order chi connectivity index (χ0) is 13.5. The Morgan fingerprint density at radius 3 is 2.39 bits per heavy atom. The zero-order valence-corrected chi connectivity index (χ0v) is 11.2. The first kappa shape index (κ1) is 14.5. The topological polar surface area (TPSA) is 61.5 Å². The van der Waals surface area contributed by atoms with Crippen molar-refractivity contribution in [3.05, 3.63) is 29.8 Å². The Hall–Kier alpha value is -1.55. The molecule has 0 aliphatic heterocycles. The van der Waals surface area contributed by atoms with Crippen molar-refractivity contribution in [3.63, 3.8) is 0 Å². The van der Waals surface area contributed by atoms with E-state index in [1.165, 1.54) is 0 Å². The molecule has 1 atom stereocenters. The summed E-state index contributed by atoms with van der Waals surface area (Å²) in [5.41, 5.74) is 6.97. The Morgan fingerprint density at radius 1 is 1.28 bits per heavy atom. The summed E-state index contributed by atoms with van der Waals surface area (Å²) in [4.78, 5) is 11.3. The summed E-state index contributed by atoms with van der Waals surface area (Å²) in [6.07, 6.45) is 0.770. The maximum absolute atomic E-state index is 11.3. The molecule has 0 spiro atoms. The zero-order valence-electron chi connectivity index (χ0n) is 11.2. The number of ether oxygens (including phenoxy) is 2. The van der Waals surface area contributed by atoms with Gasteiger partial charge in [0.15, 0.2) is 6.61 Å². The number of carbonyl (C=O) groups is 1. The molecule has 0 unspecified atom stereocenters. The lowest BCUT2D eigenvalue weighted by atomic mass is 10.1. The molecule has 0 saturated carbocycles. The Bertz CT molecular complexity index is 373. The van der Waals surface area contributed by atoms with Crippen LogP contribution in [0.15, 0.2) is 24.3 Å². The molecule has 0 radical (unpaired) electrons. The number of hydrogen-bond donors (Lipinski definition) is 1. The largest absolute Gasteiger partial charge is 0.482 e. The van der Waals surface area contributed by atoms with Crippen LogP contribution in [-0.2, 0) is 9.53 Å². The second-order valence-electron chi connectivity index (χ2n) is 4.41. The van der Waals surface area contributed by atoms with E-state index in [0.717, 1.165) is 12.0 Å². The summed E-state index contributed by atoms with van der Waals surface area (Å²) in [6.45, 7) is 5.58. The van der Waals surface area contributed by atoms with Gasteiger partial charge in [-0.3, -0.25) is 0 Å². The Labute approximate surface area is 108 Å². The van der Waals surface area contributed by atoms with E-state index in [-0.39, 0.29) is 24.7 Å². The molecule has 0 heterocycles. The highest BCUT2D eigenvalue weighted by Gasteiger charge is 2.07. The van der Waals surface area contributed by atoms with Crippen LogP contribution in [-0.4, -0.2) is 18.7 Å². The van der Waals surface area contributed by atoms with Crippen LogP contribution in [0.25, 0.3) is 0 Å². The third-order valence-corrected chi connectivity index (χ3v) is 2.47. The molecule has 0 bridgehead atoms. The van der Waals surface area contributed by atoms with Gasteiger partial charge in [0, 0.05) is 6.04 Å². The van der Waals surface area contributed by atoms with Crippen LogP contribution in [0.2, 0.25) is 0 Å². The number of esters is 1. The van der Waals surface area contributed by atoms with Crippen molar-refractivity contribution in [2.75, 3.05) is 6.61 Å². The van der Waals surface area contributed by atoms with E-state index in [4.69, 9.17) is 15.2 Å². The smallest absolute Gasteiger partial charge is 0.344 e. The van der Waals surface area contributed by atoms with E-state index in [9.17, 15) is 4.79 Å². The molecule has 0 aromatic heterocycles. The van der Waals surface area contributed by atoms with Crippen LogP contribution in [0.1, 0.15) is 38.8 Å². The predicted octanol–water partition coefficient (Wildman–Crippen LogP) is 2.43. The fraction of sp³-hybridized carbons (Fsp3) is 0.500. The van der Waals surface area contributed by atoms with E-state index < -0.39 is 0 Å². The number of carbonyl (C=O) groups excluding carboxylic acids is 1. The monoisotopic (exact) mass is 251 g/mol. The van der Waals surface area contributed by atoms with Gasteiger partial charge in [-0.25, -0.2) is 4.79 Å². The molecular formula is C14H21NO3. The highest BCUT2D eigenvalue weighted by atomic mass is 16.6. The minimum Gasteiger partial charge on any atom is -0.482 e. The predicted molar refractivity (Wildman–Crippen MR) is 70.4 cm³/mol. The molecule has 4 nitrogen and oxygen atoms in total. The number of rotatable bonds is 6. The second-order valence-corrected chi connectivity index (χ2v) is 4.41. The van der Waals surface area contributed by atoms with Gasteiger partial charge in [0.2, 0.25) is 0 Å². The molecule has 0 aliphatic carbocycles. The average Bonchev–Trinajstić information content (AvgIpc) is 2.35. The highest BCUT2D eigenvalue weighted by molar-refractivity contribution is 5.71. The second kappa shape index (κ2) is 7.01. The van der Waals surface area contributed by atoms with Crippen molar-refractivity contribution in [2.24, 2.45) is 5.73 Å². The summed E-state index contributed by atoms with van der Waals surface area (Å²) in [5, 5.41) is 0. The maximum atomic E-state index is 11.3. The minimum atomic E-state index is -0.362. The maximum Gasteiger partial charge on any atom is 0.344 e. The normalized spacial score (nSPS) is 12.3. The van der Waals surface area contributed by atoms with Gasteiger partial charge >= 0.3 is 5.97 Å². The molecule has 100 valence electrons. The van der Waals surface area contributed by atoms with Gasteiger partial charge in [-0.1, -0.05) is 19.1 Å². The van der Waals surface area contributed by atoms with Crippen LogP contribution in [0, 0.1) is 0 Å². The summed E-state index contributed by atoms with van der Waals surface area (Å²) in [5.74, 6) is 0.280. The van der Waals surface area contributed by atoms with Crippen molar-refractivity contribution >= 4 is 5.97 Å². The lowest BCUT2D eigenvalue weighted by Crippen LogP contribution is -2.18. The molecule has 0 aliphatic rings. The quantitative estimate of drug-likeness (QED) is 0.789. The van der Waals surface area contributed by atoms with Crippen molar-refractivity contribution in [3.8, 4) is 5.75 Å². The van der Waals surface area contributed by atoms with Gasteiger partial charge in [-0.15, -0.1) is 0 Å². The molecule has 1 aromatic carbocycles. The van der Waals surface area contributed by atoms with E-state index in [1.807, 2.05) is 31.2 Å². The Morgan fingerprint density at radius 2 is 1.89 bits per heavy atom. The van der Waals surface area contributed by atoms with Crippen molar-refractivity contribution in [1.29, 1.82) is 0 Å². The standard InChI is InChI=1S/C14H21NO3/c1-4-13(15)11-5-7-12(8-6-11)17-9-14(16)18-10(2)3/h5-8,10,13H,4,9,15H2,1-3H3/t13-/m1/s1. The van der Waals surface area contributed by atoms with Crippen LogP contribution in [0.3, 0.4) is 0 Å². The van der Waals surface area contributed by atoms with E-state index in [1.54, 1.807) is 13.8 Å². The lowest BCUT2D eigenvalue weighted by Gasteiger charge is -2.11. The molecule has 0 amide bonds. The van der Waals surface area contributed by atoms with Gasteiger partial charge in [0.05, 0.1) is 6.10 Å². The SMILES string of the molecule is CC[C@@H](N)c1ccc(OCC(=O)OC(C)C)cc1. The molecule has 18 heavy (non-hydrogen) atoms. The first-order chi connectivity index (χ1) is 8.52. The summed E-state index contributed by atoms with van der Waals surface area (Å²) in [6, 6.07) is 7.50. The summed E-state index contributed by atoms with van der Waals surface area (Å²) in [7, 11) is 0. The highest BCUT2D eigenvalue weighted by Crippen LogP contribution is 2.18. The van der Waals surface area contributed by atoms with Crippen molar-refractivity contribution in [2.45, 2.75) is 39.3 Å². The van der Waals surface area contributed by atoms with Crippen LogP contribution in [0.5, 0.6) is 5.75 Å². The molecule has 4 heteroatoms. The van der Waals surface area contributed by atoms with Gasteiger partial charge in [-0.05, 0) is 38.0 Å². The van der Waals surface area contributed by atoms with Gasteiger partial charge in [0.25, 0.3) is 0 Å². The van der Waals surface area contributed by atoms with Crippen molar-refractivity contribution < 1.29 is 14.3 Å². The molecule has 1 rings (SSSR count). The van der Waals surface area contributed by atoms with Crippen molar-refractivity contribution in [1.82, 2.24) is 0 Å². The minimum absolute atomic E-state index is 0.0463. The van der Waals surface area contributed by atoms with Gasteiger partial charge < -0.3 is 15.2 Å². The first-order valence-electron chi connectivity index (χ1n) is 6.20. The number of nitrogens with two attached hydrogens (primary N) is 1. The molecule has 0 saturated heterocycles. The summed E-state index contributed by atoms with van der Waals surface area (Å²) >= 11 is 0. The fourth-order valence-electron chi connectivity index (χ4n) is 1.49. The number of hydrogen-bond acceptors (Lipinski definition) is 4. The van der Waals surface area contributed by atoms with Crippen LogP contribution < -0.4 is 10.5 Å². The first-order valence-corrected chi connectivity index (χ1v) is 6.20. The summed E-state index contributed by atoms with van der Waals surface area (Å²) < 4.78 is 10.3. The van der Waals surface area contributed by atoms with Crippen LogP contribution in [0.4, 0.5) is 0 Å².